The lowest BCUT2D eigenvalue weighted by molar-refractivity contribution is -0.144. The number of hydrogen-bond acceptors (Lipinski definition) is 5. The summed E-state index contributed by atoms with van der Waals surface area (Å²) >= 11 is 3.95. The highest BCUT2D eigenvalue weighted by molar-refractivity contribution is 7.80. The second-order valence-electron chi connectivity index (χ2n) is 3.60. The Morgan fingerprint density at radius 2 is 2.00 bits per heavy atom. The fourth-order valence-corrected chi connectivity index (χ4v) is 1.18. The van der Waals surface area contributed by atoms with Crippen LogP contribution in [0.5, 0.6) is 0 Å². The van der Waals surface area contributed by atoms with E-state index in [0.717, 1.165) is 0 Å². The summed E-state index contributed by atoms with van der Waals surface area (Å²) < 4.78 is 4.40. The number of methoxy groups -OCH3 is 1. The number of carboxylic acids is 1. The molecule has 98 valence electrons. The highest BCUT2D eigenvalue weighted by atomic mass is 32.1. The van der Waals surface area contributed by atoms with Crippen LogP contribution < -0.4 is 5.32 Å². The second-order valence-corrected chi connectivity index (χ2v) is 3.96. The summed E-state index contributed by atoms with van der Waals surface area (Å²) in [6.45, 7) is 1.64. The molecule has 0 spiro atoms. The van der Waals surface area contributed by atoms with Crippen molar-refractivity contribution in [1.29, 1.82) is 0 Å². The lowest BCUT2D eigenvalue weighted by Gasteiger charge is -2.16. The Morgan fingerprint density at radius 3 is 2.41 bits per heavy atom. The zero-order valence-corrected chi connectivity index (χ0v) is 10.7. The summed E-state index contributed by atoms with van der Waals surface area (Å²) in [5.74, 6) is -2.12. The topological polar surface area (TPSA) is 92.7 Å². The third-order valence-corrected chi connectivity index (χ3v) is 2.75. The van der Waals surface area contributed by atoms with Gasteiger partial charge in [0.2, 0.25) is 5.91 Å². The van der Waals surface area contributed by atoms with Gasteiger partial charge >= 0.3 is 11.9 Å². The molecule has 0 radical (unpaired) electrons. The van der Waals surface area contributed by atoms with Crippen molar-refractivity contribution in [2.24, 2.45) is 5.92 Å². The van der Waals surface area contributed by atoms with Crippen LogP contribution in [0.3, 0.4) is 0 Å². The number of rotatable bonds is 7. The monoisotopic (exact) mass is 263 g/mol. The molecular weight excluding hydrogens is 246 g/mol. The van der Waals surface area contributed by atoms with Crippen molar-refractivity contribution in [3.8, 4) is 0 Å². The van der Waals surface area contributed by atoms with Gasteiger partial charge in [0, 0.05) is 18.1 Å². The van der Waals surface area contributed by atoms with E-state index in [9.17, 15) is 14.4 Å². The fraction of sp³-hybridized carbons (Fsp3) is 0.700. The molecule has 2 atom stereocenters. The van der Waals surface area contributed by atoms with Gasteiger partial charge in [0.25, 0.3) is 0 Å². The average Bonchev–Trinajstić information content (AvgIpc) is 2.31. The van der Waals surface area contributed by atoms with Crippen molar-refractivity contribution in [3.63, 3.8) is 0 Å². The molecule has 0 aromatic carbocycles. The van der Waals surface area contributed by atoms with Gasteiger partial charge in [-0.1, -0.05) is 6.92 Å². The van der Waals surface area contributed by atoms with E-state index < -0.39 is 23.9 Å². The second kappa shape index (κ2) is 7.94. The molecule has 0 aliphatic heterocycles. The number of carbonyl (C=O) groups excluding carboxylic acids is 2. The van der Waals surface area contributed by atoms with E-state index in [1.165, 1.54) is 7.11 Å². The predicted molar refractivity (Wildman–Crippen MR) is 63.8 cm³/mol. The Morgan fingerprint density at radius 1 is 1.41 bits per heavy atom. The van der Waals surface area contributed by atoms with Crippen LogP contribution in [-0.4, -0.2) is 41.9 Å². The molecule has 0 aromatic heterocycles. The number of nitrogens with one attached hydrogen (secondary N) is 1. The summed E-state index contributed by atoms with van der Waals surface area (Å²) in [7, 11) is 1.22. The van der Waals surface area contributed by atoms with Crippen LogP contribution in [0, 0.1) is 5.92 Å². The standard InChI is InChI=1S/C10H17NO5S/c1-6(5-17)9(13)11-7(10(14)15)3-4-8(12)16-2/h6-7,17H,3-5H2,1-2H3,(H,11,13)(H,14,15)/t6-,7+/m1/s1. The molecule has 17 heavy (non-hydrogen) atoms. The number of carbonyl (C=O) groups is 3. The molecule has 0 bridgehead atoms. The van der Waals surface area contributed by atoms with Crippen molar-refractivity contribution in [2.45, 2.75) is 25.8 Å². The maximum Gasteiger partial charge on any atom is 0.326 e. The van der Waals surface area contributed by atoms with Gasteiger partial charge in [0.15, 0.2) is 0 Å². The van der Waals surface area contributed by atoms with Crippen LogP contribution in [0.15, 0.2) is 0 Å². The number of esters is 1. The summed E-state index contributed by atoms with van der Waals surface area (Å²) in [6, 6.07) is -1.08. The number of thiol groups is 1. The molecule has 6 nitrogen and oxygen atoms in total. The van der Waals surface area contributed by atoms with E-state index in [1.807, 2.05) is 0 Å². The van der Waals surface area contributed by atoms with E-state index in [2.05, 4.69) is 22.7 Å². The van der Waals surface area contributed by atoms with Gasteiger partial charge in [-0.2, -0.15) is 12.6 Å². The largest absolute Gasteiger partial charge is 0.480 e. The van der Waals surface area contributed by atoms with Gasteiger partial charge in [0.1, 0.15) is 6.04 Å². The summed E-state index contributed by atoms with van der Waals surface area (Å²) in [4.78, 5) is 33.2. The molecule has 2 N–H and O–H groups in total. The van der Waals surface area contributed by atoms with E-state index in [4.69, 9.17) is 5.11 Å². The summed E-state index contributed by atoms with van der Waals surface area (Å²) in [5.41, 5.74) is 0. The Bertz CT molecular complexity index is 294. The molecule has 0 fully saturated rings. The van der Waals surface area contributed by atoms with Crippen molar-refractivity contribution in [2.75, 3.05) is 12.9 Å². The molecule has 0 unspecified atom stereocenters. The van der Waals surface area contributed by atoms with E-state index in [0.29, 0.717) is 5.75 Å². The van der Waals surface area contributed by atoms with Gasteiger partial charge < -0.3 is 15.2 Å². The van der Waals surface area contributed by atoms with Crippen LogP contribution in [-0.2, 0) is 19.1 Å². The molecular formula is C10H17NO5S. The molecule has 0 saturated heterocycles. The van der Waals surface area contributed by atoms with Gasteiger partial charge in [-0.3, -0.25) is 9.59 Å². The van der Waals surface area contributed by atoms with Crippen molar-refractivity contribution >= 4 is 30.5 Å². The Labute approximate surface area is 105 Å². The van der Waals surface area contributed by atoms with Crippen LogP contribution in [0.4, 0.5) is 0 Å². The zero-order chi connectivity index (χ0) is 13.4. The molecule has 0 aromatic rings. The zero-order valence-electron chi connectivity index (χ0n) is 9.80. The fourth-order valence-electron chi connectivity index (χ4n) is 1.02. The van der Waals surface area contributed by atoms with Crippen LogP contribution in [0.1, 0.15) is 19.8 Å². The Balaban J connectivity index is 4.30. The Hall–Kier alpha value is -1.24. The maximum absolute atomic E-state index is 11.5. The summed E-state index contributed by atoms with van der Waals surface area (Å²) in [6.07, 6.45) is -0.0456. The smallest absolute Gasteiger partial charge is 0.326 e. The van der Waals surface area contributed by atoms with E-state index in [1.54, 1.807) is 6.92 Å². The first kappa shape index (κ1) is 15.8. The highest BCUT2D eigenvalue weighted by Gasteiger charge is 2.23. The van der Waals surface area contributed by atoms with Crippen LogP contribution in [0.25, 0.3) is 0 Å². The minimum atomic E-state index is -1.17. The number of aliphatic carboxylic acids is 1. The lowest BCUT2D eigenvalue weighted by atomic mass is 10.1. The predicted octanol–water partition coefficient (Wildman–Crippen LogP) is 0.0749. The quantitative estimate of drug-likeness (QED) is 0.446. The third kappa shape index (κ3) is 6.15. The molecule has 0 rings (SSSR count). The SMILES string of the molecule is COC(=O)CC[C@H](NC(=O)[C@H](C)CS)C(=O)O. The highest BCUT2D eigenvalue weighted by Crippen LogP contribution is 2.03. The minimum Gasteiger partial charge on any atom is -0.480 e. The summed E-state index contributed by atoms with van der Waals surface area (Å²) in [5, 5.41) is 11.2. The molecule has 0 heterocycles. The number of hydrogen-bond donors (Lipinski definition) is 3. The number of ether oxygens (including phenoxy) is 1. The van der Waals surface area contributed by atoms with Gasteiger partial charge in [-0.15, -0.1) is 0 Å². The number of amides is 1. The normalized spacial score (nSPS) is 13.6. The van der Waals surface area contributed by atoms with Gasteiger partial charge in [-0.25, -0.2) is 4.79 Å². The first-order valence-electron chi connectivity index (χ1n) is 5.13. The first-order chi connectivity index (χ1) is 7.92. The maximum atomic E-state index is 11.5. The first-order valence-corrected chi connectivity index (χ1v) is 5.76. The van der Waals surface area contributed by atoms with Gasteiger partial charge in [-0.05, 0) is 6.42 Å². The lowest BCUT2D eigenvalue weighted by Crippen LogP contribution is -2.43. The number of carboxylic acid groups (broad SMARTS) is 1. The Kier molecular flexibility index (Phi) is 7.36. The average molecular weight is 263 g/mol. The van der Waals surface area contributed by atoms with Crippen molar-refractivity contribution < 1.29 is 24.2 Å². The van der Waals surface area contributed by atoms with Crippen LogP contribution >= 0.6 is 12.6 Å². The van der Waals surface area contributed by atoms with E-state index >= 15 is 0 Å². The molecule has 0 saturated carbocycles. The molecule has 1 amide bonds. The minimum absolute atomic E-state index is 0.00698. The van der Waals surface area contributed by atoms with Crippen molar-refractivity contribution in [1.82, 2.24) is 5.32 Å². The van der Waals surface area contributed by atoms with Crippen molar-refractivity contribution in [3.05, 3.63) is 0 Å². The van der Waals surface area contributed by atoms with Gasteiger partial charge in [0.05, 0.1) is 7.11 Å². The van der Waals surface area contributed by atoms with Crippen LogP contribution in [0.2, 0.25) is 0 Å². The van der Waals surface area contributed by atoms with E-state index in [-0.39, 0.29) is 18.8 Å². The molecule has 7 heteroatoms. The third-order valence-electron chi connectivity index (χ3n) is 2.20. The molecule has 0 aliphatic carbocycles. The molecule has 0 aliphatic rings.